The zero-order valence-electron chi connectivity index (χ0n) is 20.9. The van der Waals surface area contributed by atoms with Crippen molar-refractivity contribution in [3.8, 4) is 5.75 Å². The summed E-state index contributed by atoms with van der Waals surface area (Å²) in [6.45, 7) is 3.30. The fourth-order valence-corrected chi connectivity index (χ4v) is 5.14. The van der Waals surface area contributed by atoms with Gasteiger partial charge in [0.15, 0.2) is 0 Å². The first-order chi connectivity index (χ1) is 16.6. The lowest BCUT2D eigenvalue weighted by molar-refractivity contribution is -0.139. The smallest absolute Gasteiger partial charge is 0.244 e. The van der Waals surface area contributed by atoms with Crippen molar-refractivity contribution in [2.24, 2.45) is 0 Å². The van der Waals surface area contributed by atoms with Crippen molar-refractivity contribution >= 4 is 27.5 Å². The summed E-state index contributed by atoms with van der Waals surface area (Å²) in [4.78, 5) is 28.1. The summed E-state index contributed by atoms with van der Waals surface area (Å²) in [7, 11) is -2.17. The number of nitrogens with zero attached hydrogens (tertiary/aromatic N) is 2. The van der Waals surface area contributed by atoms with Gasteiger partial charge in [-0.1, -0.05) is 37.1 Å². The molecule has 0 radical (unpaired) electrons. The van der Waals surface area contributed by atoms with Crippen LogP contribution in [-0.2, 0) is 26.2 Å². The lowest BCUT2D eigenvalue weighted by Gasteiger charge is -2.32. The summed E-state index contributed by atoms with van der Waals surface area (Å²) >= 11 is 0. The number of rotatable bonds is 10. The van der Waals surface area contributed by atoms with E-state index in [1.165, 1.54) is 4.90 Å². The predicted octanol–water partition coefficient (Wildman–Crippen LogP) is 3.25. The van der Waals surface area contributed by atoms with Crippen molar-refractivity contribution in [3.63, 3.8) is 0 Å². The molecule has 1 saturated carbocycles. The van der Waals surface area contributed by atoms with E-state index >= 15 is 0 Å². The third-order valence-electron chi connectivity index (χ3n) is 6.35. The molecule has 9 heteroatoms. The molecule has 1 aliphatic carbocycles. The fraction of sp³-hybridized carbons (Fsp3) is 0.462. The molecule has 8 nitrogen and oxygen atoms in total. The van der Waals surface area contributed by atoms with Gasteiger partial charge in [-0.3, -0.25) is 13.9 Å². The largest absolute Gasteiger partial charge is 0.497 e. The number of sulfonamides is 1. The van der Waals surface area contributed by atoms with Crippen molar-refractivity contribution in [3.05, 3.63) is 59.7 Å². The third kappa shape index (κ3) is 7.21. The highest BCUT2D eigenvalue weighted by Gasteiger charge is 2.31. The molecule has 1 N–H and O–H groups in total. The molecule has 35 heavy (non-hydrogen) atoms. The summed E-state index contributed by atoms with van der Waals surface area (Å²) in [5.41, 5.74) is 2.09. The number of amides is 2. The van der Waals surface area contributed by atoms with Gasteiger partial charge in [0, 0.05) is 12.6 Å². The Bertz CT molecular complexity index is 1130. The normalized spacial score (nSPS) is 14.9. The van der Waals surface area contributed by atoms with Gasteiger partial charge >= 0.3 is 0 Å². The van der Waals surface area contributed by atoms with Gasteiger partial charge in [-0.2, -0.15) is 0 Å². The molecule has 0 spiro atoms. The molecule has 0 heterocycles. The molecule has 1 aliphatic rings. The van der Waals surface area contributed by atoms with Gasteiger partial charge in [-0.05, 0) is 62.1 Å². The molecule has 0 saturated heterocycles. The molecule has 2 aromatic rings. The maximum atomic E-state index is 13.6. The first-order valence-electron chi connectivity index (χ1n) is 11.9. The minimum absolute atomic E-state index is 0.114. The van der Waals surface area contributed by atoms with Crippen LogP contribution in [0.5, 0.6) is 5.75 Å². The van der Waals surface area contributed by atoms with E-state index < -0.39 is 28.5 Å². The maximum absolute atomic E-state index is 13.6. The maximum Gasteiger partial charge on any atom is 0.244 e. The molecule has 3 rings (SSSR count). The van der Waals surface area contributed by atoms with E-state index in [-0.39, 0.29) is 18.5 Å². The van der Waals surface area contributed by atoms with Crippen LogP contribution in [0.15, 0.2) is 48.5 Å². The second kappa shape index (κ2) is 11.6. The number of benzene rings is 2. The number of aryl methyl sites for hydroxylation is 1. The summed E-state index contributed by atoms with van der Waals surface area (Å²) in [5.74, 6) is -0.0107. The molecule has 1 atom stereocenters. The minimum atomic E-state index is -3.74. The van der Waals surface area contributed by atoms with Gasteiger partial charge in [-0.15, -0.1) is 0 Å². The van der Waals surface area contributed by atoms with Crippen molar-refractivity contribution in [1.29, 1.82) is 0 Å². The Hall–Kier alpha value is -3.07. The van der Waals surface area contributed by atoms with Crippen LogP contribution in [0.1, 0.15) is 43.7 Å². The Morgan fingerprint density at radius 3 is 2.34 bits per heavy atom. The second-order valence-corrected chi connectivity index (χ2v) is 11.1. The molecule has 0 bridgehead atoms. The van der Waals surface area contributed by atoms with Crippen LogP contribution >= 0.6 is 0 Å². The Morgan fingerprint density at radius 1 is 1.11 bits per heavy atom. The van der Waals surface area contributed by atoms with Gasteiger partial charge in [0.2, 0.25) is 21.8 Å². The lowest BCUT2D eigenvalue weighted by atomic mass is 10.1. The van der Waals surface area contributed by atoms with Crippen LogP contribution in [-0.4, -0.2) is 57.1 Å². The highest BCUT2D eigenvalue weighted by atomic mass is 32.2. The van der Waals surface area contributed by atoms with Crippen LogP contribution < -0.4 is 14.4 Å². The van der Waals surface area contributed by atoms with E-state index in [0.717, 1.165) is 47.4 Å². The van der Waals surface area contributed by atoms with Gasteiger partial charge in [0.25, 0.3) is 0 Å². The average Bonchev–Trinajstić information content (AvgIpc) is 3.33. The number of methoxy groups -OCH3 is 1. The summed E-state index contributed by atoms with van der Waals surface area (Å²) in [6, 6.07) is 13.6. The Labute approximate surface area is 208 Å². The number of hydrogen-bond acceptors (Lipinski definition) is 5. The van der Waals surface area contributed by atoms with Gasteiger partial charge in [0.05, 0.1) is 19.1 Å². The molecule has 190 valence electrons. The Balaban J connectivity index is 1.87. The molecule has 2 aromatic carbocycles. The van der Waals surface area contributed by atoms with Crippen LogP contribution in [0.25, 0.3) is 0 Å². The number of anilines is 1. The Morgan fingerprint density at radius 2 is 1.77 bits per heavy atom. The van der Waals surface area contributed by atoms with Gasteiger partial charge in [-0.25, -0.2) is 8.42 Å². The standard InChI is InChI=1S/C26H35N3O5S/c1-19-8-7-11-23(16-19)29(35(4,32)33)18-25(30)28(17-21-12-14-24(34-3)15-13-21)20(2)26(31)27-22-9-5-6-10-22/h7-8,11-16,20,22H,5-6,9-10,17-18H2,1-4H3,(H,27,31). The fourth-order valence-electron chi connectivity index (χ4n) is 4.30. The second-order valence-electron chi connectivity index (χ2n) is 9.14. The number of hydrogen-bond donors (Lipinski definition) is 1. The van der Waals surface area contributed by atoms with E-state index in [4.69, 9.17) is 4.74 Å². The van der Waals surface area contributed by atoms with E-state index in [1.54, 1.807) is 44.4 Å². The Kier molecular flexibility index (Phi) is 8.77. The van der Waals surface area contributed by atoms with Crippen molar-refractivity contribution < 1.29 is 22.7 Å². The van der Waals surface area contributed by atoms with Crippen molar-refractivity contribution in [2.45, 2.75) is 58.2 Å². The molecular weight excluding hydrogens is 466 g/mol. The first-order valence-corrected chi connectivity index (χ1v) is 13.7. The minimum Gasteiger partial charge on any atom is -0.497 e. The predicted molar refractivity (Wildman–Crippen MR) is 137 cm³/mol. The summed E-state index contributed by atoms with van der Waals surface area (Å²) in [6.07, 6.45) is 5.09. The molecule has 2 amide bonds. The molecule has 0 aliphatic heterocycles. The number of ether oxygens (including phenoxy) is 1. The van der Waals surface area contributed by atoms with Crippen molar-refractivity contribution in [2.75, 3.05) is 24.2 Å². The van der Waals surface area contributed by atoms with Crippen molar-refractivity contribution in [1.82, 2.24) is 10.2 Å². The topological polar surface area (TPSA) is 96.0 Å². The van der Waals surface area contributed by atoms with E-state index in [0.29, 0.717) is 11.4 Å². The van der Waals surface area contributed by atoms with Crippen LogP contribution in [0.4, 0.5) is 5.69 Å². The van der Waals surface area contributed by atoms with Crippen LogP contribution in [0.2, 0.25) is 0 Å². The molecule has 1 unspecified atom stereocenters. The van der Waals surface area contributed by atoms with Crippen LogP contribution in [0, 0.1) is 6.92 Å². The highest BCUT2D eigenvalue weighted by molar-refractivity contribution is 7.92. The zero-order chi connectivity index (χ0) is 25.6. The number of carbonyl (C=O) groups is 2. The van der Waals surface area contributed by atoms with E-state index in [9.17, 15) is 18.0 Å². The number of nitrogens with one attached hydrogen (secondary N) is 1. The van der Waals surface area contributed by atoms with Gasteiger partial charge < -0.3 is 15.0 Å². The summed E-state index contributed by atoms with van der Waals surface area (Å²) < 4.78 is 31.6. The number of carbonyl (C=O) groups excluding carboxylic acids is 2. The zero-order valence-corrected chi connectivity index (χ0v) is 21.7. The van der Waals surface area contributed by atoms with E-state index in [2.05, 4.69) is 5.32 Å². The molecule has 1 fully saturated rings. The summed E-state index contributed by atoms with van der Waals surface area (Å²) in [5, 5.41) is 3.06. The SMILES string of the molecule is COc1ccc(CN(C(=O)CN(c2cccc(C)c2)S(C)(=O)=O)C(C)C(=O)NC2CCCC2)cc1. The molecular formula is C26H35N3O5S. The average molecular weight is 502 g/mol. The van der Waals surface area contributed by atoms with Gasteiger partial charge in [0.1, 0.15) is 18.3 Å². The van der Waals surface area contributed by atoms with Crippen LogP contribution in [0.3, 0.4) is 0 Å². The van der Waals surface area contributed by atoms with E-state index in [1.807, 2.05) is 25.1 Å². The highest BCUT2D eigenvalue weighted by Crippen LogP contribution is 2.22. The third-order valence-corrected chi connectivity index (χ3v) is 7.49. The lowest BCUT2D eigenvalue weighted by Crippen LogP contribution is -2.52. The monoisotopic (exact) mass is 501 g/mol. The first kappa shape index (κ1) is 26.5. The molecule has 0 aromatic heterocycles. The quantitative estimate of drug-likeness (QED) is 0.539.